The summed E-state index contributed by atoms with van der Waals surface area (Å²) in [6.45, 7) is 4.80. The normalized spacial score (nSPS) is 17.0. The Hall–Kier alpha value is -0.600. The molecule has 2 heterocycles. The fourth-order valence-electron chi connectivity index (χ4n) is 1.89. The summed E-state index contributed by atoms with van der Waals surface area (Å²) >= 11 is 3.40. The molecule has 1 atom stereocenters. The first-order valence-electron chi connectivity index (χ1n) is 4.84. The molecule has 0 saturated heterocycles. The third-order valence-electron chi connectivity index (χ3n) is 2.65. The smallest absolute Gasteiger partial charge is 0.387 e. The molecule has 0 fully saturated rings. The van der Waals surface area contributed by atoms with Crippen LogP contribution in [0.4, 0.5) is 0 Å². The van der Waals surface area contributed by atoms with Gasteiger partial charge in [-0.3, -0.25) is 0 Å². The topological polar surface area (TPSA) is 36.9 Å². The van der Waals surface area contributed by atoms with Crippen LogP contribution in [-0.2, 0) is 6.54 Å². The first-order chi connectivity index (χ1) is 7.17. The lowest BCUT2D eigenvalue weighted by molar-refractivity contribution is -0.687. The second-order valence-corrected chi connectivity index (χ2v) is 4.41. The first-order valence-corrected chi connectivity index (χ1v) is 5.96. The van der Waals surface area contributed by atoms with E-state index < -0.39 is 0 Å². The highest BCUT2D eigenvalue weighted by Crippen LogP contribution is 2.24. The molecule has 0 bridgehead atoms. The summed E-state index contributed by atoms with van der Waals surface area (Å²) in [4.78, 5) is 0. The number of hydrogen-bond acceptors (Lipinski definition) is 2. The maximum absolute atomic E-state index is 9.08. The standard InChI is InChI=1S/C11H12BrN2O.BrH/c1-7-3-8(2)14-6-9(4-12)15-11(14)10(7)5-13;/h3,9H,4,6H2,1-2H3;1H/q+1;/p-1. The molecular weight excluding hydrogens is 336 g/mol. The predicted molar refractivity (Wildman–Crippen MR) is 59.0 cm³/mol. The summed E-state index contributed by atoms with van der Waals surface area (Å²) in [5.41, 5.74) is 2.78. The zero-order chi connectivity index (χ0) is 11.0. The van der Waals surface area contributed by atoms with E-state index in [1.807, 2.05) is 19.9 Å². The molecule has 1 aliphatic heterocycles. The highest BCUT2D eigenvalue weighted by atomic mass is 79.9. The molecule has 1 aromatic rings. The van der Waals surface area contributed by atoms with Gasteiger partial charge >= 0.3 is 5.88 Å². The quantitative estimate of drug-likeness (QED) is 0.464. The number of fused-ring (bicyclic) bond motifs is 1. The molecule has 1 aromatic heterocycles. The number of aromatic nitrogens is 1. The molecule has 3 nitrogen and oxygen atoms in total. The van der Waals surface area contributed by atoms with E-state index in [9.17, 15) is 0 Å². The van der Waals surface area contributed by atoms with Crippen LogP contribution in [0.1, 0.15) is 16.8 Å². The molecule has 0 radical (unpaired) electrons. The van der Waals surface area contributed by atoms with E-state index in [0.717, 1.165) is 29.0 Å². The van der Waals surface area contributed by atoms with Crippen molar-refractivity contribution in [2.45, 2.75) is 26.5 Å². The van der Waals surface area contributed by atoms with Gasteiger partial charge in [-0.15, -0.1) is 0 Å². The van der Waals surface area contributed by atoms with E-state index in [-0.39, 0.29) is 23.1 Å². The minimum absolute atomic E-state index is 0. The number of alkyl halides is 1. The van der Waals surface area contributed by atoms with Gasteiger partial charge in [-0.1, -0.05) is 15.9 Å². The van der Waals surface area contributed by atoms with Crippen LogP contribution < -0.4 is 26.3 Å². The molecule has 0 amide bonds. The Morgan fingerprint density at radius 1 is 1.62 bits per heavy atom. The van der Waals surface area contributed by atoms with Crippen molar-refractivity contribution in [3.8, 4) is 11.9 Å². The lowest BCUT2D eigenvalue weighted by Crippen LogP contribution is -3.00. The van der Waals surface area contributed by atoms with Gasteiger partial charge in [-0.05, 0) is 12.5 Å². The predicted octanol–water partition coefficient (Wildman–Crippen LogP) is -1.38. The highest BCUT2D eigenvalue weighted by molar-refractivity contribution is 9.09. The molecule has 5 heteroatoms. The zero-order valence-electron chi connectivity index (χ0n) is 9.13. The van der Waals surface area contributed by atoms with Crippen molar-refractivity contribution >= 4 is 15.9 Å². The van der Waals surface area contributed by atoms with Crippen molar-refractivity contribution in [2.75, 3.05) is 5.33 Å². The Morgan fingerprint density at radius 3 is 2.88 bits per heavy atom. The maximum Gasteiger partial charge on any atom is 0.387 e. The third kappa shape index (κ3) is 2.09. The van der Waals surface area contributed by atoms with Crippen molar-refractivity contribution in [3.63, 3.8) is 0 Å². The Morgan fingerprint density at radius 2 is 2.31 bits per heavy atom. The fourth-order valence-corrected chi connectivity index (χ4v) is 2.23. The van der Waals surface area contributed by atoms with Gasteiger partial charge in [0.05, 0.1) is 0 Å². The van der Waals surface area contributed by atoms with Crippen LogP contribution in [-0.4, -0.2) is 11.4 Å². The molecule has 2 rings (SSSR count). The second kappa shape index (κ2) is 5.15. The van der Waals surface area contributed by atoms with E-state index >= 15 is 0 Å². The van der Waals surface area contributed by atoms with E-state index in [4.69, 9.17) is 10.00 Å². The largest absolute Gasteiger partial charge is 1.00 e. The fraction of sp³-hybridized carbons (Fsp3) is 0.455. The molecular formula is C11H12Br2N2O. The molecule has 1 aliphatic rings. The average molecular weight is 348 g/mol. The maximum atomic E-state index is 9.08. The zero-order valence-corrected chi connectivity index (χ0v) is 12.3. The minimum Gasteiger partial charge on any atom is -1.00 e. The van der Waals surface area contributed by atoms with Gasteiger partial charge in [0.25, 0.3) is 0 Å². The summed E-state index contributed by atoms with van der Waals surface area (Å²) in [5, 5.41) is 9.87. The van der Waals surface area contributed by atoms with Gasteiger partial charge in [0.1, 0.15) is 6.07 Å². The van der Waals surface area contributed by atoms with E-state index in [2.05, 4.69) is 26.6 Å². The van der Waals surface area contributed by atoms with E-state index in [0.29, 0.717) is 5.56 Å². The van der Waals surface area contributed by atoms with E-state index in [1.54, 1.807) is 0 Å². The molecule has 86 valence electrons. The SMILES string of the molecule is Cc1cc(C)[n+]2c(c1C#N)OC(CBr)C2.[Br-]. The summed E-state index contributed by atoms with van der Waals surface area (Å²) in [5.74, 6) is 0.722. The van der Waals surface area contributed by atoms with Crippen LogP contribution in [0.2, 0.25) is 0 Å². The van der Waals surface area contributed by atoms with Gasteiger partial charge in [-0.25, -0.2) is 0 Å². The van der Waals surface area contributed by atoms with Gasteiger partial charge in [-0.2, -0.15) is 9.83 Å². The molecule has 0 spiro atoms. The minimum atomic E-state index is 0. The summed E-state index contributed by atoms with van der Waals surface area (Å²) in [7, 11) is 0. The number of rotatable bonds is 1. The van der Waals surface area contributed by atoms with Crippen LogP contribution in [0, 0.1) is 25.2 Å². The Balaban J connectivity index is 0.00000128. The van der Waals surface area contributed by atoms with Crippen molar-refractivity contribution in [1.29, 1.82) is 5.26 Å². The lowest BCUT2D eigenvalue weighted by Gasteiger charge is -2.01. The van der Waals surface area contributed by atoms with Crippen LogP contribution in [0.25, 0.3) is 0 Å². The third-order valence-corrected chi connectivity index (χ3v) is 3.38. The summed E-state index contributed by atoms with van der Waals surface area (Å²) < 4.78 is 7.80. The first kappa shape index (κ1) is 13.5. The van der Waals surface area contributed by atoms with Crippen molar-refractivity contribution < 1.29 is 26.3 Å². The van der Waals surface area contributed by atoms with Gasteiger partial charge < -0.3 is 21.7 Å². The second-order valence-electron chi connectivity index (χ2n) is 3.77. The lowest BCUT2D eigenvalue weighted by atomic mass is 10.1. The Labute approximate surface area is 114 Å². The van der Waals surface area contributed by atoms with Crippen molar-refractivity contribution in [2.24, 2.45) is 0 Å². The Kier molecular flexibility index (Phi) is 4.34. The number of aryl methyl sites for hydroxylation is 2. The molecule has 16 heavy (non-hydrogen) atoms. The monoisotopic (exact) mass is 346 g/mol. The Bertz CT molecular complexity index is 454. The molecule has 0 saturated carbocycles. The molecule has 0 N–H and O–H groups in total. The number of pyridine rings is 1. The number of nitrogens with zero attached hydrogens (tertiary/aromatic N) is 2. The molecule has 0 aromatic carbocycles. The van der Waals surface area contributed by atoms with Crippen molar-refractivity contribution in [1.82, 2.24) is 0 Å². The number of nitriles is 1. The van der Waals surface area contributed by atoms with Gasteiger partial charge in [0, 0.05) is 18.3 Å². The molecule has 0 aliphatic carbocycles. The molecule has 1 unspecified atom stereocenters. The van der Waals surface area contributed by atoms with Crippen LogP contribution >= 0.6 is 15.9 Å². The van der Waals surface area contributed by atoms with E-state index in [1.165, 1.54) is 0 Å². The summed E-state index contributed by atoms with van der Waals surface area (Å²) in [6, 6.07) is 4.24. The van der Waals surface area contributed by atoms with Gasteiger partial charge in [0.15, 0.2) is 23.9 Å². The number of hydrogen-bond donors (Lipinski definition) is 0. The summed E-state index contributed by atoms with van der Waals surface area (Å²) in [6.07, 6.45) is 0.137. The van der Waals surface area contributed by atoms with Crippen LogP contribution in [0.5, 0.6) is 5.88 Å². The average Bonchev–Trinajstić information content (AvgIpc) is 2.62. The van der Waals surface area contributed by atoms with Crippen LogP contribution in [0.3, 0.4) is 0 Å². The van der Waals surface area contributed by atoms with Crippen molar-refractivity contribution in [3.05, 3.63) is 22.9 Å². The number of ether oxygens (including phenoxy) is 1. The number of halogens is 2. The van der Waals surface area contributed by atoms with Gasteiger partial charge in [0.2, 0.25) is 0 Å². The van der Waals surface area contributed by atoms with Crippen LogP contribution in [0.15, 0.2) is 6.07 Å². The highest BCUT2D eigenvalue weighted by Gasteiger charge is 2.35.